The van der Waals surface area contributed by atoms with Gasteiger partial charge in [0.25, 0.3) is 0 Å². The van der Waals surface area contributed by atoms with Crippen molar-refractivity contribution < 1.29 is 9.53 Å². The first-order valence-electron chi connectivity index (χ1n) is 9.46. The summed E-state index contributed by atoms with van der Waals surface area (Å²) < 4.78 is 7.01. The Morgan fingerprint density at radius 1 is 1.07 bits per heavy atom. The molecule has 0 atom stereocenters. The van der Waals surface area contributed by atoms with Crippen molar-refractivity contribution in [3.63, 3.8) is 0 Å². The van der Waals surface area contributed by atoms with Gasteiger partial charge in [0.1, 0.15) is 0 Å². The summed E-state index contributed by atoms with van der Waals surface area (Å²) in [5.74, 6) is -0.337. The molecule has 1 heterocycles. The highest BCUT2D eigenvalue weighted by atomic mass is 16.5. The van der Waals surface area contributed by atoms with Crippen molar-refractivity contribution in [2.24, 2.45) is 4.99 Å². The Balaban J connectivity index is 1.90. The highest BCUT2D eigenvalue weighted by Crippen LogP contribution is 2.23. The number of hydrogen-bond donors (Lipinski definition) is 0. The number of nitrogens with zero attached hydrogens (tertiary/aromatic N) is 2. The summed E-state index contributed by atoms with van der Waals surface area (Å²) in [7, 11) is 1.38. The number of aromatic nitrogens is 1. The average molecular weight is 374 g/mol. The Kier molecular flexibility index (Phi) is 5.78. The van der Waals surface area contributed by atoms with Crippen LogP contribution in [0.1, 0.15) is 45.4 Å². The molecule has 144 valence electrons. The number of esters is 1. The summed E-state index contributed by atoms with van der Waals surface area (Å²) in [6.07, 6.45) is 2.93. The average Bonchev–Trinajstić information content (AvgIpc) is 2.99. The molecule has 0 unspecified atom stereocenters. The zero-order valence-electron chi connectivity index (χ0n) is 17.1. The molecule has 0 aliphatic heterocycles. The molecule has 2 aromatic carbocycles. The lowest BCUT2D eigenvalue weighted by molar-refractivity contribution is 0.0600. The van der Waals surface area contributed by atoms with Gasteiger partial charge in [-0.1, -0.05) is 19.1 Å². The van der Waals surface area contributed by atoms with Gasteiger partial charge in [0.2, 0.25) is 0 Å². The number of ether oxygens (including phenoxy) is 1. The zero-order chi connectivity index (χ0) is 20.3. The number of carbonyl (C=O) groups excluding carboxylic acids is 1. The first kappa shape index (κ1) is 19.6. The van der Waals surface area contributed by atoms with E-state index in [2.05, 4.69) is 60.7 Å². The van der Waals surface area contributed by atoms with Gasteiger partial charge >= 0.3 is 5.97 Å². The predicted molar refractivity (Wildman–Crippen MR) is 114 cm³/mol. The van der Waals surface area contributed by atoms with Gasteiger partial charge in [-0.25, -0.2) is 4.79 Å². The van der Waals surface area contributed by atoms with E-state index in [1.165, 1.54) is 18.4 Å². The topological polar surface area (TPSA) is 43.6 Å². The van der Waals surface area contributed by atoms with E-state index in [-0.39, 0.29) is 5.97 Å². The Morgan fingerprint density at radius 2 is 1.79 bits per heavy atom. The highest BCUT2D eigenvalue weighted by molar-refractivity contribution is 5.90. The van der Waals surface area contributed by atoms with Crippen molar-refractivity contribution in [2.45, 2.75) is 34.1 Å². The SMILES string of the molecule is CCc1ccc(-n2c(C)cc(C=Nc3ccc(C(=O)OC)cc3C)c2C)cc1. The fourth-order valence-corrected chi connectivity index (χ4v) is 3.38. The van der Waals surface area contributed by atoms with E-state index in [4.69, 9.17) is 4.74 Å². The van der Waals surface area contributed by atoms with E-state index in [0.29, 0.717) is 5.56 Å². The second kappa shape index (κ2) is 8.26. The van der Waals surface area contributed by atoms with E-state index in [1.807, 2.05) is 19.2 Å². The monoisotopic (exact) mass is 374 g/mol. The molecule has 3 aromatic rings. The summed E-state index contributed by atoms with van der Waals surface area (Å²) >= 11 is 0. The standard InChI is InChI=1S/C24H26N2O2/c1-6-19-7-10-22(11-8-19)26-17(3)14-21(18(26)4)15-25-23-12-9-20(13-16(23)2)24(27)28-5/h7-15H,6H2,1-5H3. The Hall–Kier alpha value is -3.14. The van der Waals surface area contributed by atoms with Crippen LogP contribution < -0.4 is 0 Å². The number of aryl methyl sites for hydroxylation is 3. The second-order valence-electron chi connectivity index (χ2n) is 6.93. The number of rotatable bonds is 5. The molecule has 3 rings (SSSR count). The summed E-state index contributed by atoms with van der Waals surface area (Å²) in [6.45, 7) is 8.32. The van der Waals surface area contributed by atoms with Crippen LogP contribution >= 0.6 is 0 Å². The molecule has 0 aliphatic rings. The van der Waals surface area contributed by atoms with E-state index in [9.17, 15) is 4.79 Å². The van der Waals surface area contributed by atoms with Crippen LogP contribution in [0.2, 0.25) is 0 Å². The van der Waals surface area contributed by atoms with Gasteiger partial charge in [0.05, 0.1) is 18.4 Å². The van der Waals surface area contributed by atoms with E-state index in [0.717, 1.165) is 34.6 Å². The molecule has 0 saturated carbocycles. The van der Waals surface area contributed by atoms with Crippen LogP contribution in [0.25, 0.3) is 5.69 Å². The van der Waals surface area contributed by atoms with Gasteiger partial charge in [-0.05, 0) is 74.7 Å². The lowest BCUT2D eigenvalue weighted by atomic mass is 10.1. The third kappa shape index (κ3) is 3.91. The summed E-state index contributed by atoms with van der Waals surface area (Å²) in [4.78, 5) is 16.3. The Bertz CT molecular complexity index is 1030. The van der Waals surface area contributed by atoms with Crippen LogP contribution in [0.5, 0.6) is 0 Å². The number of methoxy groups -OCH3 is 1. The number of hydrogen-bond acceptors (Lipinski definition) is 3. The van der Waals surface area contributed by atoms with Crippen molar-refractivity contribution in [1.29, 1.82) is 0 Å². The molecule has 0 bridgehead atoms. The third-order valence-corrected chi connectivity index (χ3v) is 5.03. The first-order chi connectivity index (χ1) is 13.4. The van der Waals surface area contributed by atoms with Crippen molar-refractivity contribution in [3.8, 4) is 5.69 Å². The smallest absolute Gasteiger partial charge is 0.337 e. The highest BCUT2D eigenvalue weighted by Gasteiger charge is 2.10. The zero-order valence-corrected chi connectivity index (χ0v) is 17.1. The molecule has 28 heavy (non-hydrogen) atoms. The normalized spacial score (nSPS) is 11.2. The molecule has 0 radical (unpaired) electrons. The van der Waals surface area contributed by atoms with Crippen molar-refractivity contribution in [3.05, 3.63) is 82.2 Å². The molecular weight excluding hydrogens is 348 g/mol. The number of aliphatic imine (C=N–C) groups is 1. The lowest BCUT2D eigenvalue weighted by Crippen LogP contribution is -2.01. The Morgan fingerprint density at radius 3 is 2.39 bits per heavy atom. The van der Waals surface area contributed by atoms with Crippen LogP contribution in [-0.2, 0) is 11.2 Å². The van der Waals surface area contributed by atoms with Gasteiger partial charge in [0.15, 0.2) is 0 Å². The van der Waals surface area contributed by atoms with Crippen molar-refractivity contribution in [2.75, 3.05) is 7.11 Å². The molecule has 0 fully saturated rings. The van der Waals surface area contributed by atoms with Crippen LogP contribution in [0, 0.1) is 20.8 Å². The number of benzene rings is 2. The molecule has 4 nitrogen and oxygen atoms in total. The second-order valence-corrected chi connectivity index (χ2v) is 6.93. The molecule has 0 spiro atoms. The van der Waals surface area contributed by atoms with Crippen molar-refractivity contribution >= 4 is 17.9 Å². The molecule has 0 aliphatic carbocycles. The molecule has 0 amide bonds. The predicted octanol–water partition coefficient (Wildman–Crippen LogP) is 5.50. The maximum atomic E-state index is 11.7. The van der Waals surface area contributed by atoms with Gasteiger partial charge < -0.3 is 9.30 Å². The van der Waals surface area contributed by atoms with Gasteiger partial charge in [0, 0.05) is 28.9 Å². The maximum absolute atomic E-state index is 11.7. The minimum absolute atomic E-state index is 0.337. The van der Waals surface area contributed by atoms with E-state index in [1.54, 1.807) is 12.1 Å². The van der Waals surface area contributed by atoms with E-state index >= 15 is 0 Å². The fourth-order valence-electron chi connectivity index (χ4n) is 3.38. The van der Waals surface area contributed by atoms with Gasteiger partial charge in [-0.15, -0.1) is 0 Å². The molecular formula is C24H26N2O2. The summed E-state index contributed by atoms with van der Waals surface area (Å²) in [6, 6.07) is 16.2. The minimum Gasteiger partial charge on any atom is -0.465 e. The quantitative estimate of drug-likeness (QED) is 0.437. The van der Waals surface area contributed by atoms with Crippen LogP contribution in [-0.4, -0.2) is 23.9 Å². The third-order valence-electron chi connectivity index (χ3n) is 5.03. The van der Waals surface area contributed by atoms with E-state index < -0.39 is 0 Å². The van der Waals surface area contributed by atoms with Gasteiger partial charge in [-0.3, -0.25) is 4.99 Å². The molecule has 0 saturated heterocycles. The largest absolute Gasteiger partial charge is 0.465 e. The first-order valence-corrected chi connectivity index (χ1v) is 9.46. The molecule has 4 heteroatoms. The van der Waals surface area contributed by atoms with Crippen LogP contribution in [0.15, 0.2) is 53.5 Å². The maximum Gasteiger partial charge on any atom is 0.337 e. The lowest BCUT2D eigenvalue weighted by Gasteiger charge is -2.10. The van der Waals surface area contributed by atoms with Gasteiger partial charge in [-0.2, -0.15) is 0 Å². The van der Waals surface area contributed by atoms with Crippen LogP contribution in [0.3, 0.4) is 0 Å². The van der Waals surface area contributed by atoms with Crippen LogP contribution in [0.4, 0.5) is 5.69 Å². The summed E-state index contributed by atoms with van der Waals surface area (Å²) in [5, 5.41) is 0. The summed E-state index contributed by atoms with van der Waals surface area (Å²) in [5.41, 5.74) is 8.19. The van der Waals surface area contributed by atoms with Crippen molar-refractivity contribution in [1.82, 2.24) is 4.57 Å². The fraction of sp³-hybridized carbons (Fsp3) is 0.250. The Labute approximate surface area is 166 Å². The molecule has 0 N–H and O–H groups in total. The minimum atomic E-state index is -0.337. The molecule has 1 aromatic heterocycles. The number of carbonyl (C=O) groups is 1.